The summed E-state index contributed by atoms with van der Waals surface area (Å²) in [7, 11) is 0. The first-order valence-corrected chi connectivity index (χ1v) is 13.4. The number of thiophene rings is 1. The molecule has 1 fully saturated rings. The molecule has 2 aromatic heterocycles. The Morgan fingerprint density at radius 2 is 2.17 bits per heavy atom. The van der Waals surface area contributed by atoms with Gasteiger partial charge in [0.1, 0.15) is 16.5 Å². The van der Waals surface area contributed by atoms with E-state index in [1.54, 1.807) is 9.47 Å². The summed E-state index contributed by atoms with van der Waals surface area (Å²) in [6.07, 6.45) is 2.21. The summed E-state index contributed by atoms with van der Waals surface area (Å²) in [5, 5.41) is 3.37. The Labute approximate surface area is 213 Å². The zero-order chi connectivity index (χ0) is 25.4. The van der Waals surface area contributed by atoms with Crippen LogP contribution >= 0.6 is 23.1 Å². The molecule has 0 aliphatic carbocycles. The van der Waals surface area contributed by atoms with Crippen LogP contribution in [0.25, 0.3) is 10.2 Å². The summed E-state index contributed by atoms with van der Waals surface area (Å²) in [4.78, 5) is 46.1. The predicted octanol–water partition coefficient (Wildman–Crippen LogP) is 3.55. The molecule has 0 saturated carbocycles. The number of carbonyl (C=O) groups excluding carboxylic acids is 2. The van der Waals surface area contributed by atoms with Crippen LogP contribution in [0.15, 0.2) is 28.2 Å². The third-order valence-electron chi connectivity index (χ3n) is 6.32. The molecule has 2 amide bonds. The van der Waals surface area contributed by atoms with E-state index in [1.807, 2.05) is 0 Å². The lowest BCUT2D eigenvalue weighted by Gasteiger charge is -2.25. The predicted molar refractivity (Wildman–Crippen MR) is 133 cm³/mol. The summed E-state index contributed by atoms with van der Waals surface area (Å²) in [5.41, 5.74) is 0.632. The third-order valence-corrected chi connectivity index (χ3v) is 8.41. The summed E-state index contributed by atoms with van der Waals surface area (Å²) in [6.45, 7) is 3.49. The van der Waals surface area contributed by atoms with Gasteiger partial charge in [-0.05, 0) is 37.0 Å². The Balaban J connectivity index is 1.44. The fraction of sp³-hybridized carbons (Fsp3) is 0.417. The highest BCUT2D eigenvalue weighted by molar-refractivity contribution is 7.99. The maximum atomic E-state index is 13.9. The Hall–Kier alpha value is -2.83. The number of thioether (sulfide) groups is 1. The molecule has 1 atom stereocenters. The molecule has 1 N–H and O–H groups in total. The normalized spacial score (nSPS) is 17.4. The van der Waals surface area contributed by atoms with Crippen LogP contribution in [0.5, 0.6) is 0 Å². The second kappa shape index (κ2) is 10.3. The van der Waals surface area contributed by atoms with E-state index in [9.17, 15) is 23.2 Å². The van der Waals surface area contributed by atoms with Crippen LogP contribution < -0.4 is 10.9 Å². The van der Waals surface area contributed by atoms with Crippen molar-refractivity contribution in [2.24, 2.45) is 0 Å². The number of nitrogens with one attached hydrogen (secondary N) is 1. The molecule has 8 nitrogen and oxygen atoms in total. The molecule has 1 saturated heterocycles. The van der Waals surface area contributed by atoms with E-state index in [4.69, 9.17) is 9.72 Å². The molecule has 0 unspecified atom stereocenters. The molecule has 0 bridgehead atoms. The molecule has 2 aliphatic rings. The smallest absolute Gasteiger partial charge is 0.263 e. The van der Waals surface area contributed by atoms with Gasteiger partial charge in [-0.3, -0.25) is 19.0 Å². The van der Waals surface area contributed by atoms with Gasteiger partial charge in [-0.25, -0.2) is 13.8 Å². The van der Waals surface area contributed by atoms with Crippen molar-refractivity contribution in [3.05, 3.63) is 50.6 Å². The lowest BCUT2D eigenvalue weighted by atomic mass is 10.1. The van der Waals surface area contributed by atoms with Crippen molar-refractivity contribution in [2.45, 2.75) is 50.5 Å². The van der Waals surface area contributed by atoms with Gasteiger partial charge in [-0.2, -0.15) is 0 Å². The first kappa shape index (κ1) is 24.8. The lowest BCUT2D eigenvalue weighted by molar-refractivity contribution is -0.129. The average molecular weight is 535 g/mol. The topological polar surface area (TPSA) is 93.5 Å². The minimum Gasteiger partial charge on any atom is -0.376 e. The molecular formula is C24H24F2N4O4S2. The first-order chi connectivity index (χ1) is 17.3. The van der Waals surface area contributed by atoms with Crippen molar-refractivity contribution < 1.29 is 23.1 Å². The highest BCUT2D eigenvalue weighted by atomic mass is 32.2. The summed E-state index contributed by atoms with van der Waals surface area (Å²) < 4.78 is 34.4. The van der Waals surface area contributed by atoms with E-state index in [0.29, 0.717) is 54.1 Å². The summed E-state index contributed by atoms with van der Waals surface area (Å²) in [5.74, 6) is -2.25. The molecule has 3 aromatic rings. The van der Waals surface area contributed by atoms with Crippen LogP contribution in [0.4, 0.5) is 14.5 Å². The fourth-order valence-electron chi connectivity index (χ4n) is 4.50. The second-order valence-corrected chi connectivity index (χ2v) is 10.8. The van der Waals surface area contributed by atoms with E-state index >= 15 is 0 Å². The molecule has 12 heteroatoms. The number of carbonyl (C=O) groups is 2. The van der Waals surface area contributed by atoms with Crippen LogP contribution in [0.3, 0.4) is 0 Å². The molecule has 0 radical (unpaired) electrons. The number of ether oxygens (including phenoxy) is 1. The van der Waals surface area contributed by atoms with Gasteiger partial charge in [0.15, 0.2) is 5.16 Å². The quantitative estimate of drug-likeness (QED) is 0.384. The van der Waals surface area contributed by atoms with Gasteiger partial charge in [0.25, 0.3) is 5.56 Å². The number of hydrogen-bond acceptors (Lipinski definition) is 7. The van der Waals surface area contributed by atoms with Gasteiger partial charge in [-0.1, -0.05) is 11.8 Å². The van der Waals surface area contributed by atoms with E-state index in [2.05, 4.69) is 5.32 Å². The van der Waals surface area contributed by atoms with Crippen LogP contribution in [-0.2, 0) is 33.8 Å². The lowest BCUT2D eigenvalue weighted by Crippen LogP contribution is -2.34. The van der Waals surface area contributed by atoms with Crippen molar-refractivity contribution in [3.63, 3.8) is 0 Å². The average Bonchev–Trinajstić information content (AvgIpc) is 3.48. The number of nitrogens with zero attached hydrogens (tertiary/aromatic N) is 3. The van der Waals surface area contributed by atoms with Gasteiger partial charge < -0.3 is 15.0 Å². The van der Waals surface area contributed by atoms with Crippen molar-refractivity contribution in [1.29, 1.82) is 0 Å². The molecule has 36 heavy (non-hydrogen) atoms. The highest BCUT2D eigenvalue weighted by Gasteiger charge is 2.27. The van der Waals surface area contributed by atoms with Crippen molar-refractivity contribution in [1.82, 2.24) is 14.5 Å². The van der Waals surface area contributed by atoms with Gasteiger partial charge in [0, 0.05) is 31.0 Å². The molecule has 0 spiro atoms. The maximum Gasteiger partial charge on any atom is 0.263 e. The molecule has 190 valence electrons. The third kappa shape index (κ3) is 5.02. The Morgan fingerprint density at radius 3 is 2.89 bits per heavy atom. The SMILES string of the molecule is CC(=O)N1CCc2c(sc3nc(SCC(=O)Nc4ccc(F)cc4F)n(C[C@H]4CCCO4)c(=O)c23)C1. The fourth-order valence-corrected chi connectivity index (χ4v) is 6.58. The monoisotopic (exact) mass is 534 g/mol. The zero-order valence-electron chi connectivity index (χ0n) is 19.5. The minimum absolute atomic E-state index is 0.0123. The first-order valence-electron chi connectivity index (χ1n) is 11.6. The number of benzene rings is 1. The zero-order valence-corrected chi connectivity index (χ0v) is 21.1. The molecule has 1 aromatic carbocycles. The standard InChI is InChI=1S/C24H24F2N4O4S2/c1-13(31)29-7-6-16-19(11-29)36-22-21(16)23(33)30(10-15-3-2-8-34-15)24(28-22)35-12-20(32)27-18-5-4-14(25)9-17(18)26/h4-5,9,15H,2-3,6-8,10-12H2,1H3,(H,27,32)/t15-/m1/s1. The summed E-state index contributed by atoms with van der Waals surface area (Å²) in [6, 6.07) is 2.92. The van der Waals surface area contributed by atoms with Crippen molar-refractivity contribution >= 4 is 50.8 Å². The van der Waals surface area contributed by atoms with E-state index in [0.717, 1.165) is 47.2 Å². The Bertz CT molecular complexity index is 1400. The van der Waals surface area contributed by atoms with E-state index in [1.165, 1.54) is 18.3 Å². The Kier molecular flexibility index (Phi) is 7.09. The summed E-state index contributed by atoms with van der Waals surface area (Å²) >= 11 is 2.47. The molecule has 5 rings (SSSR count). The number of aromatic nitrogens is 2. The maximum absolute atomic E-state index is 13.9. The van der Waals surface area contributed by atoms with E-state index in [-0.39, 0.29) is 29.0 Å². The van der Waals surface area contributed by atoms with Crippen LogP contribution in [-0.4, -0.2) is 51.3 Å². The second-order valence-electron chi connectivity index (χ2n) is 8.78. The minimum atomic E-state index is -0.869. The highest BCUT2D eigenvalue weighted by Crippen LogP contribution is 2.34. The number of fused-ring (bicyclic) bond motifs is 3. The molecular weight excluding hydrogens is 510 g/mol. The Morgan fingerprint density at radius 1 is 1.33 bits per heavy atom. The molecule has 4 heterocycles. The number of halogens is 2. The van der Waals surface area contributed by atoms with Crippen LogP contribution in [0.2, 0.25) is 0 Å². The van der Waals surface area contributed by atoms with Crippen LogP contribution in [0.1, 0.15) is 30.2 Å². The number of rotatable bonds is 6. The van der Waals surface area contributed by atoms with Crippen molar-refractivity contribution in [3.8, 4) is 0 Å². The number of amides is 2. The van der Waals surface area contributed by atoms with Crippen LogP contribution in [0, 0.1) is 11.6 Å². The largest absolute Gasteiger partial charge is 0.376 e. The number of anilines is 1. The van der Waals surface area contributed by atoms with Gasteiger partial charge >= 0.3 is 0 Å². The van der Waals surface area contributed by atoms with Crippen molar-refractivity contribution in [2.75, 3.05) is 24.2 Å². The van der Waals surface area contributed by atoms with Gasteiger partial charge in [-0.15, -0.1) is 11.3 Å². The van der Waals surface area contributed by atoms with Gasteiger partial charge in [0.05, 0.1) is 36.0 Å². The molecule has 2 aliphatic heterocycles. The van der Waals surface area contributed by atoms with E-state index < -0.39 is 17.5 Å². The number of hydrogen-bond donors (Lipinski definition) is 1. The van der Waals surface area contributed by atoms with Gasteiger partial charge in [0.2, 0.25) is 11.8 Å².